The minimum absolute atomic E-state index is 0.117. The summed E-state index contributed by atoms with van der Waals surface area (Å²) < 4.78 is 37.2. The second-order valence-corrected chi connectivity index (χ2v) is 9.66. The number of benzene rings is 2. The van der Waals surface area contributed by atoms with Gasteiger partial charge in [0, 0.05) is 22.6 Å². The first-order chi connectivity index (χ1) is 14.4. The first kappa shape index (κ1) is 20.4. The van der Waals surface area contributed by atoms with Crippen LogP contribution in [0.4, 0.5) is 5.69 Å². The van der Waals surface area contributed by atoms with Crippen molar-refractivity contribution >= 4 is 32.8 Å². The molecule has 0 radical (unpaired) electrons. The maximum absolute atomic E-state index is 13.3. The van der Waals surface area contributed by atoms with Crippen molar-refractivity contribution in [1.29, 1.82) is 0 Å². The predicted octanol–water partition coefficient (Wildman–Crippen LogP) is 4.46. The van der Waals surface area contributed by atoms with E-state index in [0.29, 0.717) is 18.0 Å². The van der Waals surface area contributed by atoms with Gasteiger partial charge in [0.05, 0.1) is 24.3 Å². The van der Waals surface area contributed by atoms with E-state index in [4.69, 9.17) is 9.47 Å². The average molecular weight is 444 g/mol. The number of fused-ring (bicyclic) bond motifs is 1. The minimum atomic E-state index is -3.79. The highest BCUT2D eigenvalue weighted by molar-refractivity contribution is 7.91. The molecule has 0 spiro atoms. The Hall–Kier alpha value is -2.84. The molecule has 8 heteroatoms. The van der Waals surface area contributed by atoms with E-state index < -0.39 is 9.84 Å². The number of ether oxygens (including phenoxy) is 2. The summed E-state index contributed by atoms with van der Waals surface area (Å²) in [7, 11) is -2.27. The average Bonchev–Trinajstić information content (AvgIpc) is 3.18. The smallest absolute Gasteiger partial charge is 0.225 e. The maximum atomic E-state index is 13.3. The van der Waals surface area contributed by atoms with Crippen molar-refractivity contribution in [3.8, 4) is 11.5 Å². The van der Waals surface area contributed by atoms with Crippen LogP contribution < -0.4 is 14.8 Å². The van der Waals surface area contributed by atoms with Crippen molar-refractivity contribution in [2.24, 2.45) is 0 Å². The van der Waals surface area contributed by atoms with Crippen LogP contribution in [0.5, 0.6) is 11.5 Å². The molecule has 0 bridgehead atoms. The number of methoxy groups -OCH3 is 1. The van der Waals surface area contributed by atoms with Gasteiger partial charge in [-0.2, -0.15) is 0 Å². The molecule has 3 aromatic rings. The van der Waals surface area contributed by atoms with E-state index in [0.717, 1.165) is 16.2 Å². The van der Waals surface area contributed by atoms with Crippen LogP contribution in [0.15, 0.2) is 63.7 Å². The van der Waals surface area contributed by atoms with Crippen LogP contribution in [0.3, 0.4) is 0 Å². The van der Waals surface area contributed by atoms with Crippen LogP contribution in [0.2, 0.25) is 0 Å². The summed E-state index contributed by atoms with van der Waals surface area (Å²) in [6, 6.07) is 13.8. The van der Waals surface area contributed by atoms with Crippen LogP contribution >= 0.6 is 11.3 Å². The van der Waals surface area contributed by atoms with E-state index in [1.54, 1.807) is 17.5 Å². The van der Waals surface area contributed by atoms with Gasteiger partial charge in [-0.05, 0) is 48.9 Å². The van der Waals surface area contributed by atoms with Gasteiger partial charge in [-0.1, -0.05) is 12.1 Å². The summed E-state index contributed by atoms with van der Waals surface area (Å²) >= 11 is 1.35. The highest BCUT2D eigenvalue weighted by Crippen LogP contribution is 2.46. The molecule has 30 heavy (non-hydrogen) atoms. The zero-order valence-corrected chi connectivity index (χ0v) is 18.2. The Morgan fingerprint density at radius 2 is 1.90 bits per heavy atom. The van der Waals surface area contributed by atoms with E-state index in [2.05, 4.69) is 5.32 Å². The Morgan fingerprint density at radius 1 is 1.13 bits per heavy atom. The largest absolute Gasteiger partial charge is 0.497 e. The number of hydrogen-bond acceptors (Lipinski definition) is 6. The number of amides is 1. The Kier molecular flexibility index (Phi) is 5.53. The molecular weight excluding hydrogens is 422 g/mol. The van der Waals surface area contributed by atoms with Crippen LogP contribution in [-0.4, -0.2) is 28.0 Å². The zero-order chi connectivity index (χ0) is 21.3. The van der Waals surface area contributed by atoms with Gasteiger partial charge in [-0.15, -0.1) is 11.3 Å². The van der Waals surface area contributed by atoms with Crippen molar-refractivity contribution < 1.29 is 22.7 Å². The summed E-state index contributed by atoms with van der Waals surface area (Å²) in [5.74, 6) is 0.867. The molecule has 1 atom stereocenters. The molecule has 0 saturated carbocycles. The molecule has 1 N–H and O–H groups in total. The summed E-state index contributed by atoms with van der Waals surface area (Å²) in [6.07, 6.45) is 0.255. The number of carbonyl (C=O) groups excluding carboxylic acids is 1. The van der Waals surface area contributed by atoms with Gasteiger partial charge >= 0.3 is 0 Å². The molecule has 0 saturated heterocycles. The van der Waals surface area contributed by atoms with Gasteiger partial charge in [0.2, 0.25) is 15.7 Å². The lowest BCUT2D eigenvalue weighted by Gasteiger charge is -2.24. The lowest BCUT2D eigenvalue weighted by Crippen LogP contribution is -2.23. The summed E-state index contributed by atoms with van der Waals surface area (Å²) in [4.78, 5) is 13.6. The van der Waals surface area contributed by atoms with Gasteiger partial charge in [0.15, 0.2) is 0 Å². The highest BCUT2D eigenvalue weighted by Gasteiger charge is 2.34. The monoisotopic (exact) mass is 443 g/mol. The summed E-state index contributed by atoms with van der Waals surface area (Å²) in [5.41, 5.74) is 1.30. The lowest BCUT2D eigenvalue weighted by molar-refractivity contribution is -0.116. The standard InChI is InChI=1S/C22H21NO5S2/c1-3-28-16-6-4-5-14(11-16)18-12-20(24)23-21-19(13-29-22(18)21)30(25,26)17-9-7-15(27-2)8-10-17/h4-11,13,18H,3,12H2,1-2H3,(H,23,24). The SMILES string of the molecule is CCOc1cccc(C2CC(=O)Nc3c(S(=O)(=O)c4ccc(OC)cc4)csc32)c1. The predicted molar refractivity (Wildman–Crippen MR) is 115 cm³/mol. The summed E-state index contributed by atoms with van der Waals surface area (Å²) in [5, 5.41) is 4.39. The van der Waals surface area contributed by atoms with Gasteiger partial charge in [-0.3, -0.25) is 4.79 Å². The van der Waals surface area contributed by atoms with Crippen molar-refractivity contribution in [3.05, 3.63) is 64.4 Å². The fraction of sp³-hybridized carbons (Fsp3) is 0.227. The van der Waals surface area contributed by atoms with Crippen molar-refractivity contribution in [3.63, 3.8) is 0 Å². The number of hydrogen-bond donors (Lipinski definition) is 1. The van der Waals surface area contributed by atoms with E-state index >= 15 is 0 Å². The first-order valence-electron chi connectivity index (χ1n) is 9.47. The van der Waals surface area contributed by atoms with E-state index in [9.17, 15) is 13.2 Å². The number of sulfone groups is 1. The maximum Gasteiger partial charge on any atom is 0.225 e. The molecular formula is C22H21NO5S2. The molecule has 2 aromatic carbocycles. The zero-order valence-electron chi connectivity index (χ0n) is 16.5. The van der Waals surface area contributed by atoms with Crippen molar-refractivity contribution in [2.75, 3.05) is 19.0 Å². The molecule has 2 heterocycles. The summed E-state index contributed by atoms with van der Waals surface area (Å²) in [6.45, 7) is 2.46. The van der Waals surface area contributed by atoms with E-state index in [-0.39, 0.29) is 28.0 Å². The molecule has 0 fully saturated rings. The third-order valence-electron chi connectivity index (χ3n) is 4.99. The molecule has 0 aliphatic carbocycles. The second kappa shape index (κ2) is 8.12. The topological polar surface area (TPSA) is 81.7 Å². The molecule has 1 aromatic heterocycles. The molecule has 6 nitrogen and oxygen atoms in total. The number of carbonyl (C=O) groups is 1. The van der Waals surface area contributed by atoms with Crippen LogP contribution in [0.1, 0.15) is 29.7 Å². The molecule has 1 aliphatic heterocycles. The van der Waals surface area contributed by atoms with Gasteiger partial charge in [0.1, 0.15) is 16.4 Å². The lowest BCUT2D eigenvalue weighted by atomic mass is 9.90. The fourth-order valence-electron chi connectivity index (χ4n) is 3.54. The molecule has 1 aliphatic rings. The minimum Gasteiger partial charge on any atom is -0.497 e. The Labute approximate surface area is 179 Å². The molecule has 156 valence electrons. The van der Waals surface area contributed by atoms with Crippen molar-refractivity contribution in [1.82, 2.24) is 0 Å². The van der Waals surface area contributed by atoms with Gasteiger partial charge in [0.25, 0.3) is 0 Å². The highest BCUT2D eigenvalue weighted by atomic mass is 32.2. The van der Waals surface area contributed by atoms with Crippen LogP contribution in [-0.2, 0) is 14.6 Å². The van der Waals surface area contributed by atoms with Crippen molar-refractivity contribution in [2.45, 2.75) is 29.1 Å². The van der Waals surface area contributed by atoms with E-state index in [1.807, 2.05) is 31.2 Å². The molecule has 1 amide bonds. The quantitative estimate of drug-likeness (QED) is 0.608. The number of thiophene rings is 1. The Bertz CT molecular complexity index is 1180. The van der Waals surface area contributed by atoms with Gasteiger partial charge in [-0.25, -0.2) is 8.42 Å². The number of nitrogens with one attached hydrogen (secondary N) is 1. The molecule has 1 unspecified atom stereocenters. The second-order valence-electron chi connectivity index (χ2n) is 6.83. The number of rotatable bonds is 6. The number of anilines is 1. The van der Waals surface area contributed by atoms with Crippen LogP contribution in [0, 0.1) is 0 Å². The molecule has 4 rings (SSSR count). The Balaban J connectivity index is 1.76. The van der Waals surface area contributed by atoms with Crippen LogP contribution in [0.25, 0.3) is 0 Å². The first-order valence-corrected chi connectivity index (χ1v) is 11.8. The third kappa shape index (κ3) is 3.68. The van der Waals surface area contributed by atoms with E-state index in [1.165, 1.54) is 30.6 Å². The Morgan fingerprint density at radius 3 is 2.60 bits per heavy atom. The fourth-order valence-corrected chi connectivity index (χ4v) is 6.45. The van der Waals surface area contributed by atoms with Gasteiger partial charge < -0.3 is 14.8 Å². The normalized spacial score (nSPS) is 15.9. The third-order valence-corrected chi connectivity index (χ3v) is 8.03.